The number of hydrogen-bond donors (Lipinski definition) is 0. The lowest BCUT2D eigenvalue weighted by atomic mass is 9.91. The molecule has 0 aliphatic carbocycles. The van der Waals surface area contributed by atoms with Crippen LogP contribution in [0.3, 0.4) is 0 Å². The van der Waals surface area contributed by atoms with Crippen LogP contribution in [0.2, 0.25) is 5.02 Å². The lowest BCUT2D eigenvalue weighted by Gasteiger charge is -2.45. The summed E-state index contributed by atoms with van der Waals surface area (Å²) in [6.07, 6.45) is 2.61. The maximum Gasteiger partial charge on any atom is 0.184 e. The first kappa shape index (κ1) is 27.2. The van der Waals surface area contributed by atoms with Crippen LogP contribution in [-0.2, 0) is 25.4 Å². The third-order valence-electron chi connectivity index (χ3n) is 7.18. The van der Waals surface area contributed by atoms with E-state index in [1.54, 1.807) is 0 Å². The second kappa shape index (κ2) is 13.1. The zero-order chi connectivity index (χ0) is 26.3. The summed E-state index contributed by atoms with van der Waals surface area (Å²) in [6, 6.07) is 24.5. The number of benzene rings is 3. The van der Waals surface area contributed by atoms with E-state index in [0.717, 1.165) is 53.1 Å². The van der Waals surface area contributed by atoms with Crippen LogP contribution in [-0.4, -0.2) is 38.1 Å². The van der Waals surface area contributed by atoms with Crippen LogP contribution in [0.25, 0.3) is 0 Å². The van der Waals surface area contributed by atoms with Crippen LogP contribution < -0.4 is 4.74 Å². The van der Waals surface area contributed by atoms with Gasteiger partial charge in [0.1, 0.15) is 18.0 Å². The minimum absolute atomic E-state index is 0.0903. The fourth-order valence-corrected chi connectivity index (χ4v) is 5.33. The zero-order valence-electron chi connectivity index (χ0n) is 22.2. The van der Waals surface area contributed by atoms with E-state index in [2.05, 4.69) is 31.2 Å². The molecule has 38 heavy (non-hydrogen) atoms. The molecule has 0 saturated carbocycles. The number of rotatable bonds is 10. The molecule has 5 rings (SSSR count). The van der Waals surface area contributed by atoms with E-state index in [0.29, 0.717) is 19.8 Å². The fourth-order valence-electron chi connectivity index (χ4n) is 5.15. The Morgan fingerprint density at radius 2 is 1.71 bits per heavy atom. The average molecular weight is 537 g/mol. The molecule has 2 aliphatic rings. The van der Waals surface area contributed by atoms with Gasteiger partial charge in [-0.25, -0.2) is 0 Å². The highest BCUT2D eigenvalue weighted by molar-refractivity contribution is 6.31. The largest absolute Gasteiger partial charge is 0.494 e. The summed E-state index contributed by atoms with van der Waals surface area (Å²) in [6.45, 7) is 5.99. The summed E-state index contributed by atoms with van der Waals surface area (Å²) >= 11 is 6.65. The zero-order valence-corrected chi connectivity index (χ0v) is 22.9. The number of hydrogen-bond acceptors (Lipinski definition) is 5. The molecule has 0 radical (unpaired) electrons. The molecular weight excluding hydrogens is 500 g/mol. The van der Waals surface area contributed by atoms with Crippen LogP contribution in [0.4, 0.5) is 0 Å². The predicted octanol–water partition coefficient (Wildman–Crippen LogP) is 7.46. The topological polar surface area (TPSA) is 46.2 Å². The van der Waals surface area contributed by atoms with Crippen LogP contribution >= 0.6 is 11.6 Å². The Kier molecular flexibility index (Phi) is 9.36. The van der Waals surface area contributed by atoms with Crippen LogP contribution in [0.15, 0.2) is 72.8 Å². The Hall–Kier alpha value is -2.41. The first-order chi connectivity index (χ1) is 18.6. The number of unbranched alkanes of at least 4 members (excludes halogenated alkanes) is 1. The van der Waals surface area contributed by atoms with Crippen LogP contribution in [0.1, 0.15) is 67.8 Å². The molecule has 5 nitrogen and oxygen atoms in total. The first-order valence-electron chi connectivity index (χ1n) is 13.7. The van der Waals surface area contributed by atoms with E-state index in [-0.39, 0.29) is 30.7 Å². The minimum Gasteiger partial charge on any atom is -0.494 e. The maximum absolute atomic E-state index is 6.66. The minimum atomic E-state index is -0.384. The molecule has 5 atom stereocenters. The van der Waals surface area contributed by atoms with Gasteiger partial charge in [0.2, 0.25) is 0 Å². The van der Waals surface area contributed by atoms with Gasteiger partial charge in [-0.15, -0.1) is 0 Å². The van der Waals surface area contributed by atoms with Crippen molar-refractivity contribution in [2.45, 2.75) is 70.2 Å². The molecule has 5 unspecified atom stereocenters. The van der Waals surface area contributed by atoms with E-state index >= 15 is 0 Å². The Morgan fingerprint density at radius 1 is 0.895 bits per heavy atom. The molecule has 0 N–H and O–H groups in total. The molecule has 0 bridgehead atoms. The summed E-state index contributed by atoms with van der Waals surface area (Å²) in [5, 5.41) is 0.745. The predicted molar refractivity (Wildman–Crippen MR) is 149 cm³/mol. The summed E-state index contributed by atoms with van der Waals surface area (Å²) in [7, 11) is 0. The molecule has 202 valence electrons. The van der Waals surface area contributed by atoms with Crippen molar-refractivity contribution < 1.29 is 23.7 Å². The normalized spacial score (nSPS) is 25.1. The van der Waals surface area contributed by atoms with E-state index in [1.807, 2.05) is 55.5 Å². The molecule has 2 fully saturated rings. The van der Waals surface area contributed by atoms with Crippen molar-refractivity contribution in [2.24, 2.45) is 0 Å². The van der Waals surface area contributed by atoms with Gasteiger partial charge in [-0.05, 0) is 54.7 Å². The van der Waals surface area contributed by atoms with Crippen molar-refractivity contribution in [3.05, 3.63) is 100 Å². The standard InChI is InChI=1S/C32H37ClO5/c1-3-5-17-35-29-20-28-30(21-36-32(38-28)23-9-7-6-8-10-23)37-31(29)24-13-16-27(33)25(19-24)18-22-11-14-26(15-12-22)34-4-2/h6-16,19,28-32H,3-5,17-18,20-21H2,1-2H3. The molecule has 2 heterocycles. The number of halogens is 1. The Bertz CT molecular complexity index is 1150. The van der Waals surface area contributed by atoms with Gasteiger partial charge in [-0.3, -0.25) is 0 Å². The van der Waals surface area contributed by atoms with Crippen molar-refractivity contribution in [2.75, 3.05) is 19.8 Å². The monoisotopic (exact) mass is 536 g/mol. The summed E-state index contributed by atoms with van der Waals surface area (Å²) in [5.41, 5.74) is 4.33. The summed E-state index contributed by atoms with van der Waals surface area (Å²) in [4.78, 5) is 0. The highest BCUT2D eigenvalue weighted by Crippen LogP contribution is 2.41. The highest BCUT2D eigenvalue weighted by Gasteiger charge is 2.44. The van der Waals surface area contributed by atoms with Crippen molar-refractivity contribution in [3.63, 3.8) is 0 Å². The highest BCUT2D eigenvalue weighted by atomic mass is 35.5. The van der Waals surface area contributed by atoms with Gasteiger partial charge in [0.15, 0.2) is 6.29 Å². The number of fused-ring (bicyclic) bond motifs is 1. The Balaban J connectivity index is 1.33. The smallest absolute Gasteiger partial charge is 0.184 e. The molecule has 2 saturated heterocycles. The quantitative estimate of drug-likeness (QED) is 0.252. The van der Waals surface area contributed by atoms with Crippen LogP contribution in [0, 0.1) is 0 Å². The molecule has 3 aromatic rings. The Morgan fingerprint density at radius 3 is 2.47 bits per heavy atom. The lowest BCUT2D eigenvalue weighted by Crippen LogP contribution is -2.50. The van der Waals surface area contributed by atoms with Crippen LogP contribution in [0.5, 0.6) is 5.75 Å². The second-order valence-corrected chi connectivity index (χ2v) is 10.4. The second-order valence-electron chi connectivity index (χ2n) is 9.95. The van der Waals surface area contributed by atoms with Gasteiger partial charge in [0.25, 0.3) is 0 Å². The van der Waals surface area contributed by atoms with E-state index in [4.69, 9.17) is 35.3 Å². The Labute approximate surface area is 231 Å². The van der Waals surface area contributed by atoms with Gasteiger partial charge < -0.3 is 23.7 Å². The third kappa shape index (κ3) is 6.59. The number of ether oxygens (including phenoxy) is 5. The third-order valence-corrected chi connectivity index (χ3v) is 7.55. The first-order valence-corrected chi connectivity index (χ1v) is 14.1. The van der Waals surface area contributed by atoms with Crippen molar-refractivity contribution >= 4 is 11.6 Å². The van der Waals surface area contributed by atoms with Gasteiger partial charge in [0, 0.05) is 23.6 Å². The molecule has 6 heteroatoms. The maximum atomic E-state index is 6.66. The van der Waals surface area contributed by atoms with Gasteiger partial charge in [-0.2, -0.15) is 0 Å². The fraction of sp³-hybridized carbons (Fsp3) is 0.438. The van der Waals surface area contributed by atoms with Gasteiger partial charge in [0.05, 0.1) is 25.4 Å². The molecule has 0 aromatic heterocycles. The lowest BCUT2D eigenvalue weighted by molar-refractivity contribution is -0.306. The van der Waals surface area contributed by atoms with Crippen molar-refractivity contribution in [3.8, 4) is 5.75 Å². The molecule has 0 spiro atoms. The summed E-state index contributed by atoms with van der Waals surface area (Å²) < 4.78 is 31.1. The summed E-state index contributed by atoms with van der Waals surface area (Å²) in [5.74, 6) is 0.875. The molecular formula is C32H37ClO5. The van der Waals surface area contributed by atoms with Gasteiger partial charge >= 0.3 is 0 Å². The van der Waals surface area contributed by atoms with E-state index < -0.39 is 0 Å². The van der Waals surface area contributed by atoms with E-state index in [1.165, 1.54) is 5.56 Å². The van der Waals surface area contributed by atoms with E-state index in [9.17, 15) is 0 Å². The average Bonchev–Trinajstić information content (AvgIpc) is 2.95. The van der Waals surface area contributed by atoms with Gasteiger partial charge in [-0.1, -0.05) is 79.5 Å². The molecule has 0 amide bonds. The molecule has 2 aliphatic heterocycles. The molecule has 3 aromatic carbocycles. The van der Waals surface area contributed by atoms with Crippen molar-refractivity contribution in [1.82, 2.24) is 0 Å². The SMILES string of the molecule is CCCCOC1CC2OC(c3ccccc3)OCC2OC1c1ccc(Cl)c(Cc2ccc(OCC)cc2)c1. The van der Waals surface area contributed by atoms with Crippen molar-refractivity contribution in [1.29, 1.82) is 0 Å².